The van der Waals surface area contributed by atoms with E-state index in [2.05, 4.69) is 32.9 Å². The zero-order valence-electron chi connectivity index (χ0n) is 14.6. The number of thiol groups is 1. The van der Waals surface area contributed by atoms with Crippen LogP contribution in [0.3, 0.4) is 0 Å². The van der Waals surface area contributed by atoms with Gasteiger partial charge in [0.1, 0.15) is 5.28 Å². The van der Waals surface area contributed by atoms with Crippen LogP contribution in [0.2, 0.25) is 0 Å². The fourth-order valence-corrected chi connectivity index (χ4v) is 3.88. The zero-order valence-corrected chi connectivity index (χ0v) is 16.7. The van der Waals surface area contributed by atoms with Gasteiger partial charge in [-0.15, -0.1) is 12.6 Å². The molecule has 134 valence electrons. The van der Waals surface area contributed by atoms with Crippen molar-refractivity contribution >= 4 is 33.7 Å². The summed E-state index contributed by atoms with van der Waals surface area (Å²) in [5.74, 6) is -0.506. The van der Waals surface area contributed by atoms with Crippen molar-refractivity contribution in [2.24, 2.45) is 0 Å². The lowest BCUT2D eigenvalue weighted by atomic mass is 9.94. The summed E-state index contributed by atoms with van der Waals surface area (Å²) in [5, 5.41) is 7.94. The fraction of sp³-hybridized carbons (Fsp3) is 0.529. The van der Waals surface area contributed by atoms with Gasteiger partial charge >= 0.3 is 0 Å². The van der Waals surface area contributed by atoms with Crippen LogP contribution in [0.5, 0.6) is 0 Å². The smallest absolute Gasteiger partial charge is 0.259 e. The van der Waals surface area contributed by atoms with Crippen LogP contribution < -0.4 is 0 Å². The molecular formula is C17H23N4O2PS. The maximum Gasteiger partial charge on any atom is 0.259 e. The lowest BCUT2D eigenvalue weighted by Gasteiger charge is -2.54. The van der Waals surface area contributed by atoms with E-state index < -0.39 is 10.2 Å². The van der Waals surface area contributed by atoms with Gasteiger partial charge in [0.2, 0.25) is 0 Å². The van der Waals surface area contributed by atoms with Crippen molar-refractivity contribution in [3.63, 3.8) is 0 Å². The molecule has 0 spiro atoms. The Kier molecular flexibility index (Phi) is 5.75. The largest absolute Gasteiger partial charge is 0.325 e. The molecule has 0 aromatic carbocycles. The molecule has 25 heavy (non-hydrogen) atoms. The number of amides is 2. The van der Waals surface area contributed by atoms with Crippen LogP contribution in [-0.4, -0.2) is 43.8 Å². The second-order valence-electron chi connectivity index (χ2n) is 6.37. The number of likely N-dealkylation sites (N-methyl/N-ethyl adjacent to an activating group) is 1. The second-order valence-corrected chi connectivity index (χ2v) is 8.24. The number of rotatable bonds is 5. The number of hydrogen-bond acceptors (Lipinski definition) is 5. The first kappa shape index (κ1) is 19.7. The molecule has 2 amide bonds. The lowest BCUT2D eigenvalue weighted by Crippen LogP contribution is -2.71. The number of nitriles is 1. The van der Waals surface area contributed by atoms with Crippen LogP contribution in [0.15, 0.2) is 24.5 Å². The molecule has 0 N–H and O–H groups in total. The highest BCUT2D eigenvalue weighted by Gasteiger charge is 2.58. The minimum absolute atomic E-state index is 0.129. The van der Waals surface area contributed by atoms with Crippen molar-refractivity contribution in [3.8, 4) is 6.07 Å². The fourth-order valence-electron chi connectivity index (χ4n) is 3.14. The second kappa shape index (κ2) is 7.31. The van der Waals surface area contributed by atoms with E-state index in [4.69, 9.17) is 5.26 Å². The Morgan fingerprint density at radius 1 is 1.44 bits per heavy atom. The highest BCUT2D eigenvalue weighted by atomic mass is 32.1. The van der Waals surface area contributed by atoms with Crippen molar-refractivity contribution in [1.82, 2.24) is 14.8 Å². The Hall–Kier alpha value is -1.64. The average Bonchev–Trinajstić information content (AvgIpc) is 2.61. The van der Waals surface area contributed by atoms with E-state index in [1.54, 1.807) is 37.3 Å². The molecule has 2 rings (SSSR count). The highest BCUT2D eigenvalue weighted by Crippen LogP contribution is 2.45. The van der Waals surface area contributed by atoms with Crippen LogP contribution in [0, 0.1) is 11.3 Å². The molecule has 1 aliphatic rings. The molecule has 0 bridgehead atoms. The molecule has 6 nitrogen and oxygen atoms in total. The number of carbonyl (C=O) groups is 2. The van der Waals surface area contributed by atoms with Crippen molar-refractivity contribution in [3.05, 3.63) is 30.1 Å². The number of aromatic nitrogens is 1. The van der Waals surface area contributed by atoms with Crippen LogP contribution in [-0.2, 0) is 9.59 Å². The minimum Gasteiger partial charge on any atom is -0.325 e. The van der Waals surface area contributed by atoms with Crippen LogP contribution in [0.4, 0.5) is 0 Å². The molecule has 0 aliphatic carbocycles. The van der Waals surface area contributed by atoms with Crippen LogP contribution in [0.25, 0.3) is 0 Å². The zero-order chi connectivity index (χ0) is 18.8. The highest BCUT2D eigenvalue weighted by molar-refractivity contribution is 7.82. The van der Waals surface area contributed by atoms with Gasteiger partial charge in [0.15, 0.2) is 4.87 Å². The van der Waals surface area contributed by atoms with Gasteiger partial charge < -0.3 is 9.80 Å². The third-order valence-corrected chi connectivity index (χ3v) is 6.01. The maximum absolute atomic E-state index is 13.3. The van der Waals surface area contributed by atoms with E-state index in [9.17, 15) is 9.59 Å². The molecule has 1 aromatic rings. The number of pyridine rings is 1. The summed E-state index contributed by atoms with van der Waals surface area (Å²) in [6.45, 7) is 3.64. The molecule has 2 heterocycles. The van der Waals surface area contributed by atoms with Crippen molar-refractivity contribution in [2.45, 2.75) is 49.3 Å². The van der Waals surface area contributed by atoms with Gasteiger partial charge in [-0.05, 0) is 25.0 Å². The molecule has 8 heteroatoms. The summed E-state index contributed by atoms with van der Waals surface area (Å²) in [5.41, 5.74) is 0.840. The summed E-state index contributed by atoms with van der Waals surface area (Å²) in [6.07, 6.45) is 4.26. The minimum atomic E-state index is -1.37. The number of piperazine rings is 1. The summed E-state index contributed by atoms with van der Waals surface area (Å²) >= 11 is 4.65. The normalized spacial score (nSPS) is 28.0. The lowest BCUT2D eigenvalue weighted by molar-refractivity contribution is -0.167. The van der Waals surface area contributed by atoms with E-state index in [1.165, 1.54) is 4.90 Å². The van der Waals surface area contributed by atoms with Crippen molar-refractivity contribution in [2.75, 3.05) is 7.05 Å². The number of carbonyl (C=O) groups excluding carboxylic acids is 2. The van der Waals surface area contributed by atoms with Crippen LogP contribution >= 0.6 is 21.9 Å². The first-order valence-electron chi connectivity index (χ1n) is 8.12. The molecule has 1 fully saturated rings. The third-order valence-electron chi connectivity index (χ3n) is 4.75. The summed E-state index contributed by atoms with van der Waals surface area (Å²) in [7, 11) is 4.06. The SMILES string of the molecule is CC[C@H](c1cccnc1)N1C(=O)[C@](C)(P)N(C)C(=O)[C@@]1(S)CCC#N. The summed E-state index contributed by atoms with van der Waals surface area (Å²) in [4.78, 5) is 32.1. The van der Waals surface area contributed by atoms with E-state index in [1.807, 2.05) is 13.0 Å². The quantitative estimate of drug-likeness (QED) is 0.630. The van der Waals surface area contributed by atoms with Gasteiger partial charge in [-0.2, -0.15) is 5.26 Å². The van der Waals surface area contributed by atoms with Gasteiger partial charge in [-0.1, -0.05) is 22.2 Å². The van der Waals surface area contributed by atoms with Gasteiger partial charge in [0.25, 0.3) is 11.8 Å². The first-order valence-corrected chi connectivity index (χ1v) is 9.14. The molecule has 1 saturated heterocycles. The Bertz CT molecular complexity index is 706. The molecule has 4 atom stereocenters. The predicted molar refractivity (Wildman–Crippen MR) is 102 cm³/mol. The van der Waals surface area contributed by atoms with Crippen molar-refractivity contribution < 1.29 is 9.59 Å². The van der Waals surface area contributed by atoms with E-state index in [0.717, 1.165) is 5.56 Å². The summed E-state index contributed by atoms with van der Waals surface area (Å²) in [6, 6.07) is 5.39. The van der Waals surface area contributed by atoms with E-state index in [0.29, 0.717) is 6.42 Å². The van der Waals surface area contributed by atoms with Crippen LogP contribution in [0.1, 0.15) is 44.7 Å². The first-order chi connectivity index (χ1) is 11.7. The molecule has 0 saturated carbocycles. The molecular weight excluding hydrogens is 355 g/mol. The Labute approximate surface area is 156 Å². The van der Waals surface area contributed by atoms with E-state index >= 15 is 0 Å². The maximum atomic E-state index is 13.3. The third kappa shape index (κ3) is 3.26. The standard InChI is InChI=1S/C17H23N4O2PS/c1-4-13(12-7-5-10-19-11-12)21-14(22)16(2,24)20(3)15(23)17(21,25)8-6-9-18/h5,7,10-11,13,25H,4,6,8,24H2,1-3H3/t13-,16+,17+/m1/s1. The number of nitrogens with zero attached hydrogens (tertiary/aromatic N) is 4. The molecule has 1 unspecified atom stereocenters. The van der Waals surface area contributed by atoms with Crippen molar-refractivity contribution in [1.29, 1.82) is 5.26 Å². The van der Waals surface area contributed by atoms with Gasteiger partial charge in [0.05, 0.1) is 12.1 Å². The number of hydrogen-bond donors (Lipinski definition) is 1. The summed E-state index contributed by atoms with van der Waals surface area (Å²) < 4.78 is 0. The van der Waals surface area contributed by atoms with E-state index in [-0.39, 0.29) is 30.7 Å². The van der Waals surface area contributed by atoms with Gasteiger partial charge in [-0.3, -0.25) is 14.6 Å². The van der Waals surface area contributed by atoms with Gasteiger partial charge in [-0.25, -0.2) is 0 Å². The molecule has 1 aromatic heterocycles. The Morgan fingerprint density at radius 2 is 2.12 bits per heavy atom. The predicted octanol–water partition coefficient (Wildman–Crippen LogP) is 2.35. The average molecular weight is 378 g/mol. The Morgan fingerprint density at radius 3 is 2.64 bits per heavy atom. The Balaban J connectivity index is 2.60. The topological polar surface area (TPSA) is 77.3 Å². The monoisotopic (exact) mass is 378 g/mol. The molecule has 1 aliphatic heterocycles. The molecule has 0 radical (unpaired) electrons. The van der Waals surface area contributed by atoms with Gasteiger partial charge in [0, 0.05) is 32.3 Å².